The zero-order valence-corrected chi connectivity index (χ0v) is 11.4. The first-order valence-corrected chi connectivity index (χ1v) is 6.43. The largest absolute Gasteiger partial charge is 0.348 e. The van der Waals surface area contributed by atoms with E-state index in [1.807, 2.05) is 37.3 Å². The highest BCUT2D eigenvalue weighted by atomic mass is 35.5. The lowest BCUT2D eigenvalue weighted by Gasteiger charge is -2.17. The summed E-state index contributed by atoms with van der Waals surface area (Å²) in [6, 6.07) is 9.88. The molecule has 0 radical (unpaired) electrons. The van der Waals surface area contributed by atoms with Gasteiger partial charge in [-0.3, -0.25) is 4.79 Å². The number of hydrogen-bond donors (Lipinski definition) is 1. The normalized spacial score (nSPS) is 14.4. The Morgan fingerprint density at radius 1 is 1.24 bits per heavy atom. The van der Waals surface area contributed by atoms with E-state index in [4.69, 9.17) is 11.6 Å². The molecule has 94 valence electrons. The SMILES string of the molecule is CC(C)C[C@@H](Cl)C(=O)N[C@@H](C)c1ccccc1. The van der Waals surface area contributed by atoms with Crippen LogP contribution in [0.25, 0.3) is 0 Å². The summed E-state index contributed by atoms with van der Waals surface area (Å²) in [6.07, 6.45) is 0.703. The topological polar surface area (TPSA) is 29.1 Å². The monoisotopic (exact) mass is 253 g/mol. The van der Waals surface area contributed by atoms with Gasteiger partial charge in [0.25, 0.3) is 0 Å². The van der Waals surface area contributed by atoms with Crippen molar-refractivity contribution in [1.82, 2.24) is 5.32 Å². The van der Waals surface area contributed by atoms with Crippen LogP contribution in [-0.2, 0) is 4.79 Å². The summed E-state index contributed by atoms with van der Waals surface area (Å²) in [5, 5.41) is 2.49. The predicted octanol–water partition coefficient (Wildman–Crippen LogP) is 3.52. The molecule has 0 saturated carbocycles. The van der Waals surface area contributed by atoms with Crippen LogP contribution in [0.3, 0.4) is 0 Å². The van der Waals surface area contributed by atoms with Crippen molar-refractivity contribution in [3.63, 3.8) is 0 Å². The van der Waals surface area contributed by atoms with Crippen molar-refractivity contribution in [1.29, 1.82) is 0 Å². The quantitative estimate of drug-likeness (QED) is 0.800. The summed E-state index contributed by atoms with van der Waals surface area (Å²) >= 11 is 6.05. The number of carbonyl (C=O) groups excluding carboxylic acids is 1. The minimum atomic E-state index is -0.443. The Labute approximate surface area is 108 Å². The van der Waals surface area contributed by atoms with Crippen LogP contribution in [0, 0.1) is 5.92 Å². The van der Waals surface area contributed by atoms with Gasteiger partial charge in [0.15, 0.2) is 0 Å². The maximum absolute atomic E-state index is 11.8. The van der Waals surface area contributed by atoms with Crippen LogP contribution in [0.1, 0.15) is 38.8 Å². The zero-order valence-electron chi connectivity index (χ0n) is 10.6. The van der Waals surface area contributed by atoms with Crippen molar-refractivity contribution in [2.75, 3.05) is 0 Å². The molecule has 0 aliphatic carbocycles. The van der Waals surface area contributed by atoms with Crippen LogP contribution < -0.4 is 5.32 Å². The van der Waals surface area contributed by atoms with Crippen molar-refractivity contribution < 1.29 is 4.79 Å². The standard InChI is InChI=1S/C14H20ClNO/c1-10(2)9-13(15)14(17)16-11(3)12-7-5-4-6-8-12/h4-8,10-11,13H,9H2,1-3H3,(H,16,17)/t11-,13+/m0/s1. The fourth-order valence-electron chi connectivity index (χ4n) is 1.65. The molecule has 0 bridgehead atoms. The van der Waals surface area contributed by atoms with E-state index in [2.05, 4.69) is 19.2 Å². The summed E-state index contributed by atoms with van der Waals surface area (Å²) in [4.78, 5) is 11.8. The van der Waals surface area contributed by atoms with E-state index in [0.717, 1.165) is 5.56 Å². The second-order valence-electron chi connectivity index (χ2n) is 4.74. The summed E-state index contributed by atoms with van der Waals surface area (Å²) in [6.45, 7) is 6.08. The van der Waals surface area contributed by atoms with Crippen molar-refractivity contribution >= 4 is 17.5 Å². The van der Waals surface area contributed by atoms with Crippen LogP contribution in [-0.4, -0.2) is 11.3 Å². The third kappa shape index (κ3) is 4.78. The Kier molecular flexibility index (Phi) is 5.49. The Balaban J connectivity index is 2.51. The first-order valence-electron chi connectivity index (χ1n) is 6.00. The smallest absolute Gasteiger partial charge is 0.238 e. The second-order valence-corrected chi connectivity index (χ2v) is 5.26. The lowest BCUT2D eigenvalue weighted by atomic mass is 10.1. The Bertz CT molecular complexity index is 350. The number of rotatable bonds is 5. The molecule has 1 amide bonds. The first kappa shape index (κ1) is 14.0. The van der Waals surface area contributed by atoms with Crippen LogP contribution in [0.5, 0.6) is 0 Å². The van der Waals surface area contributed by atoms with Gasteiger partial charge in [-0.25, -0.2) is 0 Å². The van der Waals surface area contributed by atoms with E-state index in [-0.39, 0.29) is 11.9 Å². The van der Waals surface area contributed by atoms with E-state index in [0.29, 0.717) is 12.3 Å². The molecule has 1 aromatic rings. The van der Waals surface area contributed by atoms with E-state index in [1.165, 1.54) is 0 Å². The van der Waals surface area contributed by atoms with Gasteiger partial charge in [-0.05, 0) is 24.8 Å². The van der Waals surface area contributed by atoms with E-state index >= 15 is 0 Å². The van der Waals surface area contributed by atoms with Crippen LogP contribution in [0.4, 0.5) is 0 Å². The molecule has 1 N–H and O–H groups in total. The average molecular weight is 254 g/mol. The zero-order chi connectivity index (χ0) is 12.8. The second kappa shape index (κ2) is 6.65. The van der Waals surface area contributed by atoms with Gasteiger partial charge in [0, 0.05) is 0 Å². The van der Waals surface area contributed by atoms with Crippen molar-refractivity contribution in [3.8, 4) is 0 Å². The summed E-state index contributed by atoms with van der Waals surface area (Å²) in [5.74, 6) is 0.340. The van der Waals surface area contributed by atoms with Gasteiger partial charge >= 0.3 is 0 Å². The van der Waals surface area contributed by atoms with Crippen LogP contribution in [0.15, 0.2) is 30.3 Å². The van der Waals surface area contributed by atoms with Crippen LogP contribution in [0.2, 0.25) is 0 Å². The van der Waals surface area contributed by atoms with Crippen LogP contribution >= 0.6 is 11.6 Å². The maximum Gasteiger partial charge on any atom is 0.238 e. The molecule has 0 unspecified atom stereocenters. The Hall–Kier alpha value is -1.02. The number of amides is 1. The van der Waals surface area contributed by atoms with Gasteiger partial charge in [0.05, 0.1) is 6.04 Å². The fourth-order valence-corrected chi connectivity index (χ4v) is 2.07. The highest BCUT2D eigenvalue weighted by Gasteiger charge is 2.18. The fraction of sp³-hybridized carbons (Fsp3) is 0.500. The molecular formula is C14H20ClNO. The van der Waals surface area contributed by atoms with E-state index in [1.54, 1.807) is 0 Å². The molecule has 1 aromatic carbocycles. The van der Waals surface area contributed by atoms with Gasteiger partial charge in [-0.1, -0.05) is 44.2 Å². The molecule has 17 heavy (non-hydrogen) atoms. The van der Waals surface area contributed by atoms with Gasteiger partial charge in [-0.15, -0.1) is 11.6 Å². The highest BCUT2D eigenvalue weighted by molar-refractivity contribution is 6.30. The van der Waals surface area contributed by atoms with Gasteiger partial charge < -0.3 is 5.32 Å². The number of carbonyl (C=O) groups is 1. The molecule has 0 aliphatic rings. The first-order chi connectivity index (χ1) is 8.00. The average Bonchev–Trinajstić information content (AvgIpc) is 2.29. The van der Waals surface area contributed by atoms with Crippen molar-refractivity contribution in [2.24, 2.45) is 5.92 Å². The van der Waals surface area contributed by atoms with Gasteiger partial charge in [-0.2, -0.15) is 0 Å². The lowest BCUT2D eigenvalue weighted by Crippen LogP contribution is -2.34. The molecule has 2 nitrogen and oxygen atoms in total. The number of halogens is 1. The molecule has 0 spiro atoms. The Morgan fingerprint density at radius 2 is 1.82 bits per heavy atom. The molecule has 0 heterocycles. The summed E-state index contributed by atoms with van der Waals surface area (Å²) < 4.78 is 0. The highest BCUT2D eigenvalue weighted by Crippen LogP contribution is 2.15. The molecule has 2 atom stereocenters. The number of nitrogens with one attached hydrogen (secondary N) is 1. The van der Waals surface area contributed by atoms with Crippen molar-refractivity contribution in [2.45, 2.75) is 38.6 Å². The maximum atomic E-state index is 11.8. The van der Waals surface area contributed by atoms with Gasteiger partial charge in [0.2, 0.25) is 5.91 Å². The number of alkyl halides is 1. The minimum Gasteiger partial charge on any atom is -0.348 e. The lowest BCUT2D eigenvalue weighted by molar-refractivity contribution is -0.121. The predicted molar refractivity (Wildman–Crippen MR) is 72.1 cm³/mol. The van der Waals surface area contributed by atoms with Crippen molar-refractivity contribution in [3.05, 3.63) is 35.9 Å². The molecular weight excluding hydrogens is 234 g/mol. The number of benzene rings is 1. The van der Waals surface area contributed by atoms with E-state index in [9.17, 15) is 4.79 Å². The molecule has 0 fully saturated rings. The Morgan fingerprint density at radius 3 is 2.35 bits per heavy atom. The summed E-state index contributed by atoms with van der Waals surface area (Å²) in [5.41, 5.74) is 1.09. The van der Waals surface area contributed by atoms with E-state index < -0.39 is 5.38 Å². The van der Waals surface area contributed by atoms with Gasteiger partial charge in [0.1, 0.15) is 5.38 Å². The summed E-state index contributed by atoms with van der Waals surface area (Å²) in [7, 11) is 0. The molecule has 0 saturated heterocycles. The molecule has 1 rings (SSSR count). The third-order valence-electron chi connectivity index (χ3n) is 2.62. The minimum absolute atomic E-state index is 0.00267. The molecule has 0 aliphatic heterocycles. The molecule has 0 aromatic heterocycles. The molecule has 3 heteroatoms. The third-order valence-corrected chi connectivity index (χ3v) is 3.00. The number of hydrogen-bond acceptors (Lipinski definition) is 1.